The van der Waals surface area contributed by atoms with E-state index in [1.165, 1.54) is 6.07 Å². The van der Waals surface area contributed by atoms with Gasteiger partial charge in [-0.05, 0) is 60.6 Å². The van der Waals surface area contributed by atoms with Crippen molar-refractivity contribution >= 4 is 16.9 Å². The molecule has 38 heavy (non-hydrogen) atoms. The van der Waals surface area contributed by atoms with E-state index < -0.39 is 11.7 Å². The molecule has 1 aliphatic carbocycles. The number of rotatable bonds is 6. The number of ether oxygens (including phenoxy) is 1. The van der Waals surface area contributed by atoms with Gasteiger partial charge in [-0.3, -0.25) is 4.79 Å². The van der Waals surface area contributed by atoms with Gasteiger partial charge in [0.1, 0.15) is 17.1 Å². The molecule has 196 valence electrons. The highest BCUT2D eigenvalue weighted by atomic mass is 19.4. The Hall–Kier alpha value is -3.81. The minimum Gasteiger partial charge on any atom is -0.497 e. The second-order valence-electron chi connectivity index (χ2n) is 10.2. The number of fused-ring (bicyclic) bond motifs is 1. The Kier molecular flexibility index (Phi) is 6.13. The number of imidazole rings is 1. The average molecular weight is 520 g/mol. The number of para-hydroxylation sites is 1. The number of benzene rings is 3. The Morgan fingerprint density at radius 2 is 1.61 bits per heavy atom. The monoisotopic (exact) mass is 519 g/mol. The maximum atomic E-state index is 13.9. The lowest BCUT2D eigenvalue weighted by Crippen LogP contribution is -2.30. The Balaban J connectivity index is 1.36. The number of nitrogens with zero attached hydrogens (tertiary/aromatic N) is 3. The van der Waals surface area contributed by atoms with E-state index in [-0.39, 0.29) is 23.3 Å². The third-order valence-corrected chi connectivity index (χ3v) is 7.62. The molecule has 1 aliphatic heterocycles. The summed E-state index contributed by atoms with van der Waals surface area (Å²) in [6, 6.07) is 19.7. The van der Waals surface area contributed by atoms with Crippen LogP contribution in [0.5, 0.6) is 5.75 Å². The second kappa shape index (κ2) is 9.49. The van der Waals surface area contributed by atoms with Crippen molar-refractivity contribution in [3.8, 4) is 28.3 Å². The van der Waals surface area contributed by atoms with Gasteiger partial charge in [-0.2, -0.15) is 13.2 Å². The quantitative estimate of drug-likeness (QED) is 0.286. The molecule has 1 aromatic heterocycles. The fourth-order valence-electron chi connectivity index (χ4n) is 5.40. The van der Waals surface area contributed by atoms with Crippen LogP contribution in [0.25, 0.3) is 33.5 Å². The predicted octanol–water partition coefficient (Wildman–Crippen LogP) is 6.66. The van der Waals surface area contributed by atoms with Crippen molar-refractivity contribution in [2.45, 2.75) is 32.0 Å². The Morgan fingerprint density at radius 1 is 0.947 bits per heavy atom. The third kappa shape index (κ3) is 4.64. The highest BCUT2D eigenvalue weighted by molar-refractivity contribution is 5.84. The molecule has 2 fully saturated rings. The number of likely N-dealkylation sites (tertiary alicyclic amines) is 1. The number of hydrogen-bond acceptors (Lipinski definition) is 3. The number of methoxy groups -OCH3 is 1. The summed E-state index contributed by atoms with van der Waals surface area (Å²) in [6.07, 6.45) is -1.76. The van der Waals surface area contributed by atoms with Gasteiger partial charge in [0.15, 0.2) is 0 Å². The molecule has 1 saturated heterocycles. The lowest BCUT2D eigenvalue weighted by molar-refractivity contribution is -0.136. The number of aromatic nitrogens is 2. The van der Waals surface area contributed by atoms with E-state index in [1.807, 2.05) is 58.0 Å². The standard InChI is InChI=1S/C30H28F3N3O2/c1-38-24-13-11-21(12-14-24)20-5-7-22(8-6-20)28-34-27-25(30(31,32)33)3-2-4-26(27)36(28)18-19-15-16-35(17-19)29(37)23-9-10-23/h2-8,11-14,19,23H,9-10,15-18H2,1H3/t19-/m1/s1. The van der Waals surface area contributed by atoms with Gasteiger partial charge in [0.05, 0.1) is 18.2 Å². The summed E-state index contributed by atoms with van der Waals surface area (Å²) >= 11 is 0. The van der Waals surface area contributed by atoms with Crippen molar-refractivity contribution in [1.82, 2.24) is 14.5 Å². The van der Waals surface area contributed by atoms with Crippen molar-refractivity contribution in [2.24, 2.45) is 11.8 Å². The normalized spacial score (nSPS) is 17.8. The molecule has 1 amide bonds. The number of carbonyl (C=O) groups is 1. The molecule has 8 heteroatoms. The maximum absolute atomic E-state index is 13.9. The lowest BCUT2D eigenvalue weighted by atomic mass is 10.0. The van der Waals surface area contributed by atoms with E-state index in [2.05, 4.69) is 4.98 Å². The molecule has 0 spiro atoms. The molecule has 3 aromatic carbocycles. The van der Waals surface area contributed by atoms with Gasteiger partial charge in [0.2, 0.25) is 5.91 Å². The summed E-state index contributed by atoms with van der Waals surface area (Å²) < 4.78 is 48.8. The molecule has 1 atom stereocenters. The number of halogens is 3. The first-order chi connectivity index (χ1) is 18.3. The molecule has 2 heterocycles. The van der Waals surface area contributed by atoms with Crippen LogP contribution >= 0.6 is 0 Å². The first-order valence-corrected chi connectivity index (χ1v) is 12.9. The number of hydrogen-bond donors (Lipinski definition) is 0. The van der Waals surface area contributed by atoms with Gasteiger partial charge in [-0.25, -0.2) is 4.98 Å². The lowest BCUT2D eigenvalue weighted by Gasteiger charge is -2.18. The van der Waals surface area contributed by atoms with Crippen LogP contribution in [0.1, 0.15) is 24.8 Å². The van der Waals surface area contributed by atoms with E-state index in [0.29, 0.717) is 31.0 Å². The molecule has 1 saturated carbocycles. The van der Waals surface area contributed by atoms with Crippen LogP contribution < -0.4 is 4.74 Å². The smallest absolute Gasteiger partial charge is 0.418 e. The van der Waals surface area contributed by atoms with Crippen molar-refractivity contribution in [3.63, 3.8) is 0 Å². The molecule has 4 aromatic rings. The Morgan fingerprint density at radius 3 is 2.24 bits per heavy atom. The Labute approximate surface area is 218 Å². The average Bonchev–Trinajstić information content (AvgIpc) is 3.57. The largest absolute Gasteiger partial charge is 0.497 e. The summed E-state index contributed by atoms with van der Waals surface area (Å²) in [5.74, 6) is 1.81. The highest BCUT2D eigenvalue weighted by Crippen LogP contribution is 2.38. The van der Waals surface area contributed by atoms with Crippen LogP contribution in [0.3, 0.4) is 0 Å². The zero-order valence-corrected chi connectivity index (χ0v) is 21.0. The highest BCUT2D eigenvalue weighted by Gasteiger charge is 2.38. The number of carbonyl (C=O) groups excluding carboxylic acids is 1. The molecule has 2 aliphatic rings. The topological polar surface area (TPSA) is 47.4 Å². The first-order valence-electron chi connectivity index (χ1n) is 12.9. The van der Waals surface area contributed by atoms with Crippen molar-refractivity contribution in [3.05, 3.63) is 72.3 Å². The molecule has 6 rings (SSSR count). The van der Waals surface area contributed by atoms with E-state index in [9.17, 15) is 18.0 Å². The molecule has 0 N–H and O–H groups in total. The zero-order chi connectivity index (χ0) is 26.4. The minimum absolute atomic E-state index is 0.0434. The molecule has 0 bridgehead atoms. The number of amides is 1. The minimum atomic E-state index is -4.50. The zero-order valence-electron chi connectivity index (χ0n) is 21.0. The molecule has 5 nitrogen and oxygen atoms in total. The van der Waals surface area contributed by atoms with Gasteiger partial charge in [0.25, 0.3) is 0 Å². The van der Waals surface area contributed by atoms with E-state index in [4.69, 9.17) is 4.74 Å². The van der Waals surface area contributed by atoms with Gasteiger partial charge >= 0.3 is 6.18 Å². The van der Waals surface area contributed by atoms with Crippen LogP contribution in [0.2, 0.25) is 0 Å². The SMILES string of the molecule is COc1ccc(-c2ccc(-c3nc4c(C(F)(F)F)cccc4n3C[C@@H]3CCN(C(=O)C4CC4)C3)cc2)cc1. The summed E-state index contributed by atoms with van der Waals surface area (Å²) in [4.78, 5) is 19.0. The predicted molar refractivity (Wildman–Crippen MR) is 140 cm³/mol. The number of alkyl halides is 3. The summed E-state index contributed by atoms with van der Waals surface area (Å²) in [7, 11) is 1.62. The van der Waals surface area contributed by atoms with Gasteiger partial charge < -0.3 is 14.2 Å². The fraction of sp³-hybridized carbons (Fsp3) is 0.333. The molecule has 0 radical (unpaired) electrons. The van der Waals surface area contributed by atoms with Crippen molar-refractivity contribution in [2.75, 3.05) is 20.2 Å². The third-order valence-electron chi connectivity index (χ3n) is 7.62. The van der Waals surface area contributed by atoms with E-state index in [0.717, 1.165) is 47.8 Å². The summed E-state index contributed by atoms with van der Waals surface area (Å²) in [6.45, 7) is 1.83. The second-order valence-corrected chi connectivity index (χ2v) is 10.2. The van der Waals surface area contributed by atoms with E-state index >= 15 is 0 Å². The fourth-order valence-corrected chi connectivity index (χ4v) is 5.40. The van der Waals surface area contributed by atoms with Gasteiger partial charge in [0, 0.05) is 31.1 Å². The Bertz CT molecular complexity index is 1470. The molecular formula is C30H28F3N3O2. The molecule has 0 unspecified atom stereocenters. The van der Waals surface area contributed by atoms with Crippen LogP contribution in [0.4, 0.5) is 13.2 Å². The van der Waals surface area contributed by atoms with Crippen LogP contribution in [-0.4, -0.2) is 40.6 Å². The van der Waals surface area contributed by atoms with Crippen molar-refractivity contribution in [1.29, 1.82) is 0 Å². The first kappa shape index (κ1) is 24.5. The summed E-state index contributed by atoms with van der Waals surface area (Å²) in [5.41, 5.74) is 2.42. The summed E-state index contributed by atoms with van der Waals surface area (Å²) in [5, 5.41) is 0. The van der Waals surface area contributed by atoms with Crippen molar-refractivity contribution < 1.29 is 22.7 Å². The molecular weight excluding hydrogens is 491 g/mol. The van der Waals surface area contributed by atoms with Crippen LogP contribution in [-0.2, 0) is 17.5 Å². The van der Waals surface area contributed by atoms with E-state index in [1.54, 1.807) is 13.2 Å². The van der Waals surface area contributed by atoms with Gasteiger partial charge in [-0.1, -0.05) is 42.5 Å². The van der Waals surface area contributed by atoms with Gasteiger partial charge in [-0.15, -0.1) is 0 Å². The maximum Gasteiger partial charge on any atom is 0.418 e. The van der Waals surface area contributed by atoms with Crippen LogP contribution in [0, 0.1) is 11.8 Å². The van der Waals surface area contributed by atoms with Crippen LogP contribution in [0.15, 0.2) is 66.7 Å².